The Balaban J connectivity index is 1.49. The number of carboxylic acids is 1. The molecular formula is C106H162N20O23. The molecule has 0 aliphatic carbocycles. The van der Waals surface area contributed by atoms with Crippen LogP contribution in [-0.2, 0) is 115 Å². The quantitative estimate of drug-likeness (QED) is 0.00978. The first kappa shape index (κ1) is 128. The van der Waals surface area contributed by atoms with Crippen LogP contribution in [0.3, 0.4) is 0 Å². The molecule has 6 amide bonds. The topological polar surface area (TPSA) is 674 Å². The molecule has 0 fully saturated rings. The van der Waals surface area contributed by atoms with Crippen molar-refractivity contribution in [2.45, 2.75) is 359 Å². The largest absolute Gasteiger partial charge is 0.508 e. The third-order valence-electron chi connectivity index (χ3n) is 26.5. The minimum absolute atomic E-state index is 0.0253. The molecule has 4 aromatic rings. The number of Topliss-reactive ketones (excluding diaryl/α,β-unsaturated/α-hetero) is 13. The Labute approximate surface area is 872 Å². The van der Waals surface area contributed by atoms with Gasteiger partial charge < -0.3 is 74.3 Å². The van der Waals surface area contributed by atoms with E-state index in [1.165, 1.54) is 79.7 Å². The molecule has 43 heteroatoms. The number of carbonyl (C=O) groups is 20. The van der Waals surface area contributed by atoms with Crippen molar-refractivity contribution in [3.05, 3.63) is 114 Å². The van der Waals surface area contributed by atoms with Gasteiger partial charge in [0.25, 0.3) is 0 Å². The van der Waals surface area contributed by atoms with Crippen LogP contribution in [0.25, 0.3) is 10.9 Å². The second-order valence-electron chi connectivity index (χ2n) is 40.8. The second-order valence-corrected chi connectivity index (χ2v) is 40.8. The van der Waals surface area contributed by atoms with Crippen LogP contribution in [0.4, 0.5) is 0 Å². The summed E-state index contributed by atoms with van der Waals surface area (Å²) in [6, 6.07) is 4.21. The maximum Gasteiger partial charge on any atom is 0.303 e. The van der Waals surface area contributed by atoms with Crippen LogP contribution in [0.15, 0.2) is 97.2 Å². The third-order valence-corrected chi connectivity index (χ3v) is 26.5. The second kappa shape index (κ2) is 64.0. The number of nitrogens with two attached hydrogens (primary N) is 2. The minimum atomic E-state index is -2.10. The third kappa shape index (κ3) is 45.1. The zero-order chi connectivity index (χ0) is 111. The number of primary amides is 2. The first-order valence-corrected chi connectivity index (χ1v) is 51.5. The molecule has 1 aromatic heterocycles. The Morgan fingerprint density at radius 2 is 1.14 bits per heavy atom. The molecule has 3 aromatic carbocycles. The van der Waals surface area contributed by atoms with Crippen LogP contribution in [0.2, 0.25) is 0 Å². The summed E-state index contributed by atoms with van der Waals surface area (Å²) in [7, 11) is 0. The van der Waals surface area contributed by atoms with E-state index >= 15 is 24.0 Å². The Morgan fingerprint density at radius 1 is 0.557 bits per heavy atom. The highest BCUT2D eigenvalue weighted by Crippen LogP contribution is 2.26. The van der Waals surface area contributed by atoms with E-state index < -0.39 is 258 Å². The standard InChI is InChI=1S/C106H162N20O23/c1-61(2)49-81(117-70(12)128)101(147)119-95(69(11)127)98(144)96(142)80(51-71-31-25-24-26-32-71)125-126-106(16)46-30-23-21-19-17-18-20-22-29-45-105(15,92(138)59-112-67(9)89(135)58-116-104(13,14)91(137)55-87(133)65(7)110-48-43-84(130)63(5)109-47-44-85(131)64(6)114-60-115-68(10)100(108)146)120-103(149)82(50-62(3)4)123-121-77(39-41-93(107)139)90(136)57-111-66(8)86(132)54-88(134)79(53-73-56-113-76-34-28-27-33-75(73)76)122-124-83(52-72-35-37-74(129)38-36-72)102(148)118-78(40-42-94(140)141)97(143)99(106)145/h18,20,24-28,31-38,56,61-69,77-83,95,109-116,121-127,129H,17,19,21-23,29-30,39-55,57-60H2,1-16H3,(H2,107,139)(H2,108,146)(H,117,128)(H,118,148)(H,119,147)(H,120,149)(H,140,141)/b20-18+/t63-,64-,65-,66-,67-,68+,69+,77-,78-,79-,80-,81-,82-,83-,95-,105-,106+/m0/s1. The SMILES string of the molecule is CC(=O)N[C@@H](CC(C)C)C(=O)N[C@H](C(=O)C(=O)[C@H](Cc1ccccc1)NN[C@]1(C)CCCCCC/C=C/CCC[C@@](C)(C(=O)CN[C@@H](C)C(=O)CNC(C)(C)C(=O)CC(=O)[C@H](C)NCCC(=O)[C@H](C)NCCC(=O)[C@H](C)NCN[C@H](C)C(N)=O)NC(=O)[C@H](CC(C)C)NN[C@@H](CCC(N)=O)C(=O)CN[C@@H](C)C(=O)CC(=O)[C@H](Cc2c[nH]c3ccccc23)NN[C@@H](Cc2ccc(O)cc2)C(=O)N[C@@H](CCC(=O)O)C(=O)C1=O)[C@@H](C)O. The fraction of sp³-hybridized carbons (Fsp3) is 0.604. The summed E-state index contributed by atoms with van der Waals surface area (Å²) < 4.78 is 0. The summed E-state index contributed by atoms with van der Waals surface area (Å²) in [5.74, 6) is -15.9. The molecule has 0 spiro atoms. The van der Waals surface area contributed by atoms with Gasteiger partial charge in [0.05, 0.1) is 116 Å². The maximum atomic E-state index is 15.7. The Kier molecular flexibility index (Phi) is 54.8. The highest BCUT2D eigenvalue weighted by molar-refractivity contribution is 6.43. The van der Waals surface area contributed by atoms with Crippen LogP contribution in [0, 0.1) is 11.8 Å². The van der Waals surface area contributed by atoms with E-state index in [1.54, 1.807) is 102 Å². The molecule has 149 heavy (non-hydrogen) atoms. The van der Waals surface area contributed by atoms with E-state index in [0.717, 1.165) is 0 Å². The molecular weight excluding hydrogens is 1920 g/mol. The number of phenolic OH excluding ortho intramolecular Hbond substituents is 1. The zero-order valence-electron chi connectivity index (χ0n) is 89.0. The first-order valence-electron chi connectivity index (χ1n) is 51.5. The van der Waals surface area contributed by atoms with Gasteiger partial charge in [-0.25, -0.2) is 32.6 Å². The molecule has 0 unspecified atom stereocenters. The van der Waals surface area contributed by atoms with Crippen LogP contribution in [-0.4, -0.2) is 284 Å². The van der Waals surface area contributed by atoms with Gasteiger partial charge >= 0.3 is 5.97 Å². The van der Waals surface area contributed by atoms with E-state index in [0.29, 0.717) is 66.1 Å². The summed E-state index contributed by atoms with van der Waals surface area (Å²) >= 11 is 0. The van der Waals surface area contributed by atoms with Crippen molar-refractivity contribution in [1.82, 2.24) is 96.0 Å². The number of carboxylic acid groups (broad SMARTS) is 1. The lowest BCUT2D eigenvalue weighted by Gasteiger charge is -2.33. The van der Waals surface area contributed by atoms with E-state index in [9.17, 15) is 87.2 Å². The van der Waals surface area contributed by atoms with Gasteiger partial charge in [-0.05, 0) is 206 Å². The molecule has 0 radical (unpaired) electrons. The highest BCUT2D eigenvalue weighted by atomic mass is 16.4. The van der Waals surface area contributed by atoms with Gasteiger partial charge in [-0.3, -0.25) is 112 Å². The van der Waals surface area contributed by atoms with Gasteiger partial charge in [-0.2, -0.15) is 0 Å². The lowest BCUT2D eigenvalue weighted by atomic mass is 9.85. The molecule has 17 atom stereocenters. The Hall–Kier alpha value is -11.8. The molecule has 0 saturated heterocycles. The predicted octanol–water partition coefficient (Wildman–Crippen LogP) is 1.46. The molecule has 0 saturated carbocycles. The van der Waals surface area contributed by atoms with Gasteiger partial charge in [-0.15, -0.1) is 0 Å². The number of para-hydroxylation sites is 1. The summed E-state index contributed by atoms with van der Waals surface area (Å²) in [6.45, 7) is 24.0. The van der Waals surface area contributed by atoms with E-state index in [-0.39, 0.29) is 126 Å². The first-order chi connectivity index (χ1) is 70.1. The molecule has 1 aliphatic rings. The predicted molar refractivity (Wildman–Crippen MR) is 559 cm³/mol. The average Bonchev–Trinajstić information content (AvgIpc) is 1.78. The number of ketones is 13. The number of hydrogen-bond acceptors (Lipinski definition) is 35. The maximum absolute atomic E-state index is 15.7. The number of aliphatic hydroxyl groups is 1. The van der Waals surface area contributed by atoms with Crippen LogP contribution in [0.5, 0.6) is 5.75 Å². The van der Waals surface area contributed by atoms with Crippen molar-refractivity contribution >= 4 is 127 Å². The van der Waals surface area contributed by atoms with Crippen molar-refractivity contribution in [2.24, 2.45) is 23.3 Å². The molecule has 0 bridgehead atoms. The number of aromatic amines is 1. The number of allylic oxidation sites excluding steroid dienone is 2. The number of aliphatic hydroxyl groups excluding tert-OH is 1. The van der Waals surface area contributed by atoms with Crippen LogP contribution >= 0.6 is 0 Å². The number of aromatic nitrogens is 1. The summed E-state index contributed by atoms with van der Waals surface area (Å²) in [5.41, 5.74) is 25.4. The van der Waals surface area contributed by atoms with E-state index in [1.807, 2.05) is 26.0 Å². The molecule has 1 aliphatic heterocycles. The van der Waals surface area contributed by atoms with E-state index in [2.05, 4.69) is 96.0 Å². The smallest absolute Gasteiger partial charge is 0.303 e. The lowest BCUT2D eigenvalue weighted by molar-refractivity contribution is -0.144. The molecule has 824 valence electrons. The summed E-state index contributed by atoms with van der Waals surface area (Å²) in [4.78, 5) is 283. The van der Waals surface area contributed by atoms with Gasteiger partial charge in [0.15, 0.2) is 52.0 Å². The van der Waals surface area contributed by atoms with Crippen molar-refractivity contribution in [1.29, 1.82) is 0 Å². The fourth-order valence-corrected chi connectivity index (χ4v) is 16.4. The van der Waals surface area contributed by atoms with Gasteiger partial charge in [0.1, 0.15) is 29.9 Å². The van der Waals surface area contributed by atoms with Gasteiger partial charge in [0, 0.05) is 69.5 Å². The number of aliphatic carboxylic acids is 1. The van der Waals surface area contributed by atoms with Crippen LogP contribution in [0.1, 0.15) is 249 Å². The van der Waals surface area contributed by atoms with Crippen molar-refractivity contribution < 1.29 is 111 Å². The number of rotatable bonds is 53. The number of benzene rings is 3. The molecule has 25 N–H and O–H groups in total. The number of phenols is 1. The van der Waals surface area contributed by atoms with Crippen LogP contribution < -0.4 is 103 Å². The van der Waals surface area contributed by atoms with Gasteiger partial charge in [-0.1, -0.05) is 120 Å². The fourth-order valence-electron chi connectivity index (χ4n) is 16.4. The summed E-state index contributed by atoms with van der Waals surface area (Å²) in [5, 5.41) is 63.7. The number of carbonyl (C=O) groups excluding carboxylic acids is 19. The Bertz CT molecular complexity index is 5220. The number of H-pyrrole nitrogens is 1. The lowest BCUT2D eigenvalue weighted by Crippen LogP contribution is -2.65. The number of nitrogens with one attached hydrogen (secondary N) is 18. The average molecular weight is 2080 g/mol. The molecule has 2 heterocycles. The Morgan fingerprint density at radius 3 is 1.76 bits per heavy atom. The number of amides is 6. The van der Waals surface area contributed by atoms with Gasteiger partial charge in [0.2, 0.25) is 58.6 Å². The minimum Gasteiger partial charge on any atom is -0.508 e. The van der Waals surface area contributed by atoms with Crippen molar-refractivity contribution in [3.63, 3.8) is 0 Å². The summed E-state index contributed by atoms with van der Waals surface area (Å²) in [6.07, 6.45) is 2.66. The number of fused-ring (bicyclic) bond motifs is 1. The van der Waals surface area contributed by atoms with E-state index in [4.69, 9.17) is 11.5 Å². The monoisotopic (exact) mass is 2080 g/mol. The highest BCUT2D eigenvalue weighted by Gasteiger charge is 2.45. The zero-order valence-corrected chi connectivity index (χ0v) is 89.0. The number of hydrazine groups is 3. The van der Waals surface area contributed by atoms with Crippen molar-refractivity contribution in [2.75, 3.05) is 39.4 Å². The number of aromatic hydroxyl groups is 1. The molecule has 43 nitrogen and oxygen atoms in total. The molecule has 5 rings (SSSR count). The normalized spacial score (nSPS) is 21.7. The number of hydrogen-bond donors (Lipinski definition) is 23. The van der Waals surface area contributed by atoms with Crippen molar-refractivity contribution in [3.8, 4) is 5.75 Å².